The molecule has 0 fully saturated rings. The Kier molecular flexibility index (Phi) is 4.77. The monoisotopic (exact) mass is 272 g/mol. The van der Waals surface area contributed by atoms with E-state index in [0.29, 0.717) is 10.7 Å². The topological polar surface area (TPSA) is 45.8 Å². The fraction of sp³-hybridized carbons (Fsp3) is 0.333. The predicted molar refractivity (Wildman–Crippen MR) is 61.9 cm³/mol. The molecule has 0 spiro atoms. The molecular formula is C9H9BrN2OS. The Bertz CT molecular complexity index is 419. The van der Waals surface area contributed by atoms with Crippen LogP contribution >= 0.6 is 27.7 Å². The van der Waals surface area contributed by atoms with Crippen LogP contribution in [0.4, 0.5) is 0 Å². The zero-order valence-corrected chi connectivity index (χ0v) is 10.0. The highest BCUT2D eigenvalue weighted by atomic mass is 79.9. The van der Waals surface area contributed by atoms with E-state index in [0.717, 1.165) is 11.8 Å². The molecule has 1 aromatic rings. The molecule has 0 atom stereocenters. The van der Waals surface area contributed by atoms with Gasteiger partial charge in [0.05, 0.1) is 6.20 Å². The fourth-order valence-electron chi connectivity index (χ4n) is 0.776. The largest absolute Gasteiger partial charge is 0.300 e. The van der Waals surface area contributed by atoms with Crippen molar-refractivity contribution >= 4 is 27.7 Å². The Balaban J connectivity index is 2.91. The summed E-state index contributed by atoms with van der Waals surface area (Å²) in [5.41, 5.74) is 0.246. The maximum absolute atomic E-state index is 11.4. The molecule has 0 saturated carbocycles. The van der Waals surface area contributed by atoms with Crippen LogP contribution < -0.4 is 5.56 Å². The van der Waals surface area contributed by atoms with Crippen molar-refractivity contribution in [2.45, 2.75) is 11.6 Å². The number of nitrogens with zero attached hydrogens (tertiary/aromatic N) is 1. The molecule has 0 amide bonds. The van der Waals surface area contributed by atoms with E-state index in [9.17, 15) is 4.79 Å². The van der Waals surface area contributed by atoms with E-state index in [1.807, 2.05) is 6.26 Å². The highest BCUT2D eigenvalue weighted by Crippen LogP contribution is 2.03. The van der Waals surface area contributed by atoms with Gasteiger partial charge in [-0.2, -0.15) is 0 Å². The van der Waals surface area contributed by atoms with Crippen LogP contribution in [-0.4, -0.2) is 21.6 Å². The van der Waals surface area contributed by atoms with E-state index in [-0.39, 0.29) is 5.56 Å². The highest BCUT2D eigenvalue weighted by molar-refractivity contribution is 9.09. The lowest BCUT2D eigenvalue weighted by Crippen LogP contribution is -2.11. The summed E-state index contributed by atoms with van der Waals surface area (Å²) in [5.74, 6) is 5.64. The van der Waals surface area contributed by atoms with E-state index in [2.05, 4.69) is 37.7 Å². The van der Waals surface area contributed by atoms with E-state index >= 15 is 0 Å². The van der Waals surface area contributed by atoms with Crippen molar-refractivity contribution in [3.8, 4) is 11.8 Å². The van der Waals surface area contributed by atoms with Crippen molar-refractivity contribution in [1.82, 2.24) is 9.97 Å². The second-order valence-electron chi connectivity index (χ2n) is 2.38. The van der Waals surface area contributed by atoms with Crippen LogP contribution in [0.1, 0.15) is 12.0 Å². The molecule has 0 aliphatic heterocycles. The molecule has 5 heteroatoms. The average Bonchev–Trinajstić information content (AvgIpc) is 2.20. The maximum Gasteiger partial charge on any atom is 0.267 e. The molecule has 0 aliphatic rings. The number of thioether (sulfide) groups is 1. The number of aromatic nitrogens is 2. The molecule has 0 saturated heterocycles. The molecule has 1 aromatic heterocycles. The van der Waals surface area contributed by atoms with Gasteiger partial charge in [-0.05, 0) is 6.26 Å². The molecule has 0 aliphatic carbocycles. The summed E-state index contributed by atoms with van der Waals surface area (Å²) in [6, 6.07) is 0. The van der Waals surface area contributed by atoms with Crippen LogP contribution in [0, 0.1) is 11.8 Å². The van der Waals surface area contributed by atoms with Gasteiger partial charge in [-0.25, -0.2) is 4.98 Å². The number of nitrogens with one attached hydrogen (secondary N) is 1. The lowest BCUT2D eigenvalue weighted by molar-refractivity contribution is 0.933. The third-order valence-electron chi connectivity index (χ3n) is 1.41. The molecule has 0 aromatic carbocycles. The van der Waals surface area contributed by atoms with Crippen molar-refractivity contribution in [2.75, 3.05) is 11.6 Å². The maximum atomic E-state index is 11.4. The second-order valence-corrected chi connectivity index (χ2v) is 3.96. The smallest absolute Gasteiger partial charge is 0.267 e. The molecule has 1 heterocycles. The molecule has 1 rings (SSSR count). The summed E-state index contributed by atoms with van der Waals surface area (Å²) >= 11 is 4.65. The zero-order chi connectivity index (χ0) is 10.4. The van der Waals surface area contributed by atoms with Crippen LogP contribution in [0.2, 0.25) is 0 Å². The van der Waals surface area contributed by atoms with Gasteiger partial charge in [-0.3, -0.25) is 4.79 Å². The Hall–Kier alpha value is -0.730. The van der Waals surface area contributed by atoms with Crippen LogP contribution in [0.5, 0.6) is 0 Å². The minimum atomic E-state index is -0.175. The van der Waals surface area contributed by atoms with Crippen molar-refractivity contribution in [3.63, 3.8) is 0 Å². The van der Waals surface area contributed by atoms with Gasteiger partial charge >= 0.3 is 0 Å². The molecule has 14 heavy (non-hydrogen) atoms. The van der Waals surface area contributed by atoms with Gasteiger partial charge in [-0.15, -0.1) is 0 Å². The van der Waals surface area contributed by atoms with E-state index in [1.54, 1.807) is 0 Å². The minimum absolute atomic E-state index is 0.175. The van der Waals surface area contributed by atoms with Gasteiger partial charge in [-0.1, -0.05) is 39.5 Å². The lowest BCUT2D eigenvalue weighted by atomic mass is 10.3. The van der Waals surface area contributed by atoms with Gasteiger partial charge in [0.2, 0.25) is 0 Å². The third kappa shape index (κ3) is 3.20. The normalized spacial score (nSPS) is 9.29. The average molecular weight is 273 g/mol. The van der Waals surface area contributed by atoms with Gasteiger partial charge in [0.15, 0.2) is 5.16 Å². The first-order valence-electron chi connectivity index (χ1n) is 3.96. The van der Waals surface area contributed by atoms with Crippen LogP contribution in [0.3, 0.4) is 0 Å². The minimum Gasteiger partial charge on any atom is -0.300 e. The van der Waals surface area contributed by atoms with E-state index in [1.165, 1.54) is 18.0 Å². The Labute approximate surface area is 94.8 Å². The first kappa shape index (κ1) is 11.3. The summed E-state index contributed by atoms with van der Waals surface area (Å²) in [5, 5.41) is 1.43. The molecule has 74 valence electrons. The first-order chi connectivity index (χ1) is 6.77. The number of alkyl halides is 1. The van der Waals surface area contributed by atoms with E-state index in [4.69, 9.17) is 0 Å². The summed E-state index contributed by atoms with van der Waals surface area (Å²) in [7, 11) is 0. The zero-order valence-electron chi connectivity index (χ0n) is 7.63. The fourth-order valence-corrected chi connectivity index (χ4v) is 1.33. The predicted octanol–water partition coefficient (Wildman–Crippen LogP) is 1.63. The van der Waals surface area contributed by atoms with Gasteiger partial charge in [0, 0.05) is 11.8 Å². The molecule has 0 radical (unpaired) electrons. The Morgan fingerprint density at radius 3 is 3.07 bits per heavy atom. The summed E-state index contributed by atoms with van der Waals surface area (Å²) < 4.78 is 0. The summed E-state index contributed by atoms with van der Waals surface area (Å²) in [4.78, 5) is 18.0. The standard InChI is InChI=1S/C9H9BrN2OS/c1-14-9-11-6-7(8(13)12-9)4-2-3-5-10/h6H,3,5H2,1H3,(H,11,12,13). The number of halogens is 1. The Morgan fingerprint density at radius 2 is 2.50 bits per heavy atom. The second kappa shape index (κ2) is 5.89. The SMILES string of the molecule is CSc1ncc(C#CCCBr)c(=O)[nH]1. The van der Waals surface area contributed by atoms with Crippen LogP contribution in [0.25, 0.3) is 0 Å². The molecule has 0 bridgehead atoms. The van der Waals surface area contributed by atoms with Crippen LogP contribution in [-0.2, 0) is 0 Å². The number of aromatic amines is 1. The molecule has 3 nitrogen and oxygen atoms in total. The van der Waals surface area contributed by atoms with Crippen molar-refractivity contribution in [2.24, 2.45) is 0 Å². The third-order valence-corrected chi connectivity index (χ3v) is 2.40. The summed E-state index contributed by atoms with van der Waals surface area (Å²) in [6.07, 6.45) is 4.09. The van der Waals surface area contributed by atoms with Crippen molar-refractivity contribution in [1.29, 1.82) is 0 Å². The first-order valence-corrected chi connectivity index (χ1v) is 6.30. The van der Waals surface area contributed by atoms with Crippen LogP contribution in [0.15, 0.2) is 16.1 Å². The number of rotatable bonds is 2. The molecule has 0 unspecified atom stereocenters. The van der Waals surface area contributed by atoms with Gasteiger partial charge in [0.25, 0.3) is 5.56 Å². The quantitative estimate of drug-likeness (QED) is 0.385. The highest BCUT2D eigenvalue weighted by Gasteiger charge is 1.97. The van der Waals surface area contributed by atoms with Crippen molar-refractivity contribution in [3.05, 3.63) is 22.1 Å². The number of hydrogen-bond donors (Lipinski definition) is 1. The molecular weight excluding hydrogens is 264 g/mol. The van der Waals surface area contributed by atoms with Gasteiger partial charge < -0.3 is 4.98 Å². The molecule has 1 N–H and O–H groups in total. The summed E-state index contributed by atoms with van der Waals surface area (Å²) in [6.45, 7) is 0. The van der Waals surface area contributed by atoms with Crippen molar-refractivity contribution < 1.29 is 0 Å². The van der Waals surface area contributed by atoms with Gasteiger partial charge in [0.1, 0.15) is 5.56 Å². The number of hydrogen-bond acceptors (Lipinski definition) is 3. The lowest BCUT2D eigenvalue weighted by Gasteiger charge is -1.93. The van der Waals surface area contributed by atoms with E-state index < -0.39 is 0 Å². The number of H-pyrrole nitrogens is 1. The Morgan fingerprint density at radius 1 is 1.71 bits per heavy atom.